The lowest BCUT2D eigenvalue weighted by molar-refractivity contribution is -0.105. The number of methoxy groups -OCH3 is 1. The first-order valence-electron chi connectivity index (χ1n) is 6.55. The smallest absolute Gasteiger partial charge is 0.0914 e. The molecule has 1 aliphatic rings. The van der Waals surface area contributed by atoms with E-state index in [1.54, 1.807) is 7.11 Å². The van der Waals surface area contributed by atoms with Crippen molar-refractivity contribution < 1.29 is 9.47 Å². The quantitative estimate of drug-likeness (QED) is 0.895. The molecule has 18 heavy (non-hydrogen) atoms. The number of benzene rings is 1. The zero-order valence-corrected chi connectivity index (χ0v) is 11.5. The zero-order chi connectivity index (χ0) is 13.2. The highest BCUT2D eigenvalue weighted by Crippen LogP contribution is 2.36. The summed E-state index contributed by atoms with van der Waals surface area (Å²) < 4.78 is 11.2. The van der Waals surface area contributed by atoms with E-state index in [1.165, 1.54) is 16.7 Å². The minimum absolute atomic E-state index is 0.0907. The van der Waals surface area contributed by atoms with Crippen LogP contribution < -0.4 is 5.73 Å². The van der Waals surface area contributed by atoms with Gasteiger partial charge in [-0.2, -0.15) is 0 Å². The second kappa shape index (κ2) is 5.39. The van der Waals surface area contributed by atoms with Crippen LogP contribution in [0.15, 0.2) is 18.2 Å². The van der Waals surface area contributed by atoms with E-state index in [-0.39, 0.29) is 11.6 Å². The van der Waals surface area contributed by atoms with Crippen LogP contribution in [0.4, 0.5) is 0 Å². The molecule has 1 unspecified atom stereocenters. The minimum atomic E-state index is -0.279. The molecular formula is C15H23NO2. The Labute approximate surface area is 109 Å². The first kappa shape index (κ1) is 13.5. The van der Waals surface area contributed by atoms with Gasteiger partial charge in [-0.05, 0) is 25.0 Å². The summed E-state index contributed by atoms with van der Waals surface area (Å²) in [7, 11) is 1.76. The molecule has 0 spiro atoms. The molecule has 100 valence electrons. The van der Waals surface area contributed by atoms with Crippen molar-refractivity contribution in [2.24, 2.45) is 5.73 Å². The predicted octanol–water partition coefficient (Wildman–Crippen LogP) is 2.50. The van der Waals surface area contributed by atoms with Crippen molar-refractivity contribution >= 4 is 0 Å². The number of rotatable bonds is 3. The summed E-state index contributed by atoms with van der Waals surface area (Å²) in [5.41, 5.74) is 9.90. The van der Waals surface area contributed by atoms with Gasteiger partial charge >= 0.3 is 0 Å². The van der Waals surface area contributed by atoms with Gasteiger partial charge in [0.1, 0.15) is 0 Å². The SMILES string of the molecule is COC1(C(N)c2ccc(C)cc2C)CCOCC1. The van der Waals surface area contributed by atoms with Crippen LogP contribution >= 0.6 is 0 Å². The highest BCUT2D eigenvalue weighted by atomic mass is 16.5. The van der Waals surface area contributed by atoms with E-state index < -0.39 is 0 Å². The van der Waals surface area contributed by atoms with Crippen LogP contribution in [0.25, 0.3) is 0 Å². The van der Waals surface area contributed by atoms with Gasteiger partial charge in [0.15, 0.2) is 0 Å². The Morgan fingerprint density at radius 2 is 1.94 bits per heavy atom. The number of hydrogen-bond acceptors (Lipinski definition) is 3. The van der Waals surface area contributed by atoms with Crippen molar-refractivity contribution in [1.82, 2.24) is 0 Å². The molecule has 1 atom stereocenters. The maximum Gasteiger partial charge on any atom is 0.0914 e. The van der Waals surface area contributed by atoms with Crippen LogP contribution in [0.2, 0.25) is 0 Å². The molecule has 1 saturated heterocycles. The van der Waals surface area contributed by atoms with E-state index in [4.69, 9.17) is 15.2 Å². The van der Waals surface area contributed by atoms with Crippen LogP contribution in [-0.4, -0.2) is 25.9 Å². The van der Waals surface area contributed by atoms with Crippen LogP contribution in [0, 0.1) is 13.8 Å². The standard InChI is InChI=1S/C15H23NO2/c1-11-4-5-13(12(2)10-11)14(16)15(17-3)6-8-18-9-7-15/h4-5,10,14H,6-9,16H2,1-3H3. The normalized spacial score (nSPS) is 20.7. The van der Waals surface area contributed by atoms with Gasteiger partial charge in [0.2, 0.25) is 0 Å². The number of aryl methyl sites for hydroxylation is 2. The van der Waals surface area contributed by atoms with Gasteiger partial charge in [0, 0.05) is 33.2 Å². The Morgan fingerprint density at radius 3 is 2.50 bits per heavy atom. The van der Waals surface area contributed by atoms with Crippen LogP contribution in [0.1, 0.15) is 35.6 Å². The fourth-order valence-corrected chi connectivity index (χ4v) is 2.82. The summed E-state index contributed by atoms with van der Waals surface area (Å²) in [6.45, 7) is 5.67. The molecule has 3 nitrogen and oxygen atoms in total. The fraction of sp³-hybridized carbons (Fsp3) is 0.600. The lowest BCUT2D eigenvalue weighted by Crippen LogP contribution is -2.47. The Balaban J connectivity index is 2.30. The third kappa shape index (κ3) is 2.44. The Morgan fingerprint density at radius 1 is 1.28 bits per heavy atom. The number of nitrogens with two attached hydrogens (primary N) is 1. The largest absolute Gasteiger partial charge is 0.381 e. The lowest BCUT2D eigenvalue weighted by Gasteiger charge is -2.41. The molecule has 1 aliphatic heterocycles. The molecule has 1 aromatic carbocycles. The maximum absolute atomic E-state index is 6.49. The summed E-state index contributed by atoms with van der Waals surface area (Å²) in [4.78, 5) is 0. The first-order chi connectivity index (χ1) is 8.59. The zero-order valence-electron chi connectivity index (χ0n) is 11.5. The molecule has 3 heteroatoms. The molecule has 1 aromatic rings. The summed E-state index contributed by atoms with van der Waals surface area (Å²) in [5.74, 6) is 0. The summed E-state index contributed by atoms with van der Waals surface area (Å²) in [5, 5.41) is 0. The minimum Gasteiger partial charge on any atom is -0.381 e. The van der Waals surface area contributed by atoms with E-state index >= 15 is 0 Å². The van der Waals surface area contributed by atoms with Gasteiger partial charge in [-0.15, -0.1) is 0 Å². The average Bonchev–Trinajstić information content (AvgIpc) is 2.39. The van der Waals surface area contributed by atoms with Crippen molar-refractivity contribution in [3.05, 3.63) is 34.9 Å². The maximum atomic E-state index is 6.49. The highest BCUT2D eigenvalue weighted by Gasteiger charge is 2.39. The highest BCUT2D eigenvalue weighted by molar-refractivity contribution is 5.34. The summed E-state index contributed by atoms with van der Waals surface area (Å²) >= 11 is 0. The van der Waals surface area contributed by atoms with Crippen LogP contribution in [0.5, 0.6) is 0 Å². The molecular weight excluding hydrogens is 226 g/mol. The van der Waals surface area contributed by atoms with Crippen LogP contribution in [-0.2, 0) is 9.47 Å². The van der Waals surface area contributed by atoms with Gasteiger partial charge < -0.3 is 15.2 Å². The molecule has 0 bridgehead atoms. The number of hydrogen-bond donors (Lipinski definition) is 1. The van der Waals surface area contributed by atoms with Gasteiger partial charge in [0.05, 0.1) is 11.6 Å². The lowest BCUT2D eigenvalue weighted by atomic mass is 9.81. The molecule has 0 radical (unpaired) electrons. The molecule has 1 fully saturated rings. The summed E-state index contributed by atoms with van der Waals surface area (Å²) in [6.07, 6.45) is 1.72. The van der Waals surface area contributed by atoms with Crippen molar-refractivity contribution in [1.29, 1.82) is 0 Å². The number of ether oxygens (including phenoxy) is 2. The van der Waals surface area contributed by atoms with Gasteiger partial charge in [-0.3, -0.25) is 0 Å². The van der Waals surface area contributed by atoms with E-state index in [2.05, 4.69) is 32.0 Å². The van der Waals surface area contributed by atoms with Gasteiger partial charge in [-0.1, -0.05) is 23.8 Å². The van der Waals surface area contributed by atoms with Crippen molar-refractivity contribution in [2.45, 2.75) is 38.3 Å². The first-order valence-corrected chi connectivity index (χ1v) is 6.55. The third-order valence-electron chi connectivity index (χ3n) is 4.07. The molecule has 2 rings (SSSR count). The average molecular weight is 249 g/mol. The summed E-state index contributed by atoms with van der Waals surface area (Å²) in [6, 6.07) is 6.33. The van der Waals surface area contributed by atoms with Gasteiger partial charge in [-0.25, -0.2) is 0 Å². The second-order valence-corrected chi connectivity index (χ2v) is 5.22. The van der Waals surface area contributed by atoms with Crippen molar-refractivity contribution in [2.75, 3.05) is 20.3 Å². The molecule has 0 aliphatic carbocycles. The van der Waals surface area contributed by atoms with E-state index in [9.17, 15) is 0 Å². The topological polar surface area (TPSA) is 44.5 Å². The Bertz CT molecular complexity index is 411. The van der Waals surface area contributed by atoms with E-state index in [0.29, 0.717) is 0 Å². The van der Waals surface area contributed by atoms with Crippen LogP contribution in [0.3, 0.4) is 0 Å². The molecule has 0 amide bonds. The second-order valence-electron chi connectivity index (χ2n) is 5.22. The molecule has 1 heterocycles. The molecule has 0 aromatic heterocycles. The predicted molar refractivity (Wildman–Crippen MR) is 72.6 cm³/mol. The molecule has 0 saturated carbocycles. The van der Waals surface area contributed by atoms with Crippen molar-refractivity contribution in [3.63, 3.8) is 0 Å². The Kier molecular flexibility index (Phi) is 4.05. The van der Waals surface area contributed by atoms with E-state index in [1.807, 2.05) is 0 Å². The molecule has 2 N–H and O–H groups in total. The Hall–Kier alpha value is -0.900. The fourth-order valence-electron chi connectivity index (χ4n) is 2.82. The van der Waals surface area contributed by atoms with E-state index in [0.717, 1.165) is 26.1 Å². The van der Waals surface area contributed by atoms with Gasteiger partial charge in [0.25, 0.3) is 0 Å². The monoisotopic (exact) mass is 249 g/mol. The van der Waals surface area contributed by atoms with Crippen molar-refractivity contribution in [3.8, 4) is 0 Å². The third-order valence-corrected chi connectivity index (χ3v) is 4.07.